The first-order valence-corrected chi connectivity index (χ1v) is 6.28. The van der Waals surface area contributed by atoms with Gasteiger partial charge in [0.15, 0.2) is 0 Å². The minimum Gasteiger partial charge on any atom is -0.275 e. The van der Waals surface area contributed by atoms with E-state index < -0.39 is 26.5 Å². The molecule has 0 atom stereocenters. The summed E-state index contributed by atoms with van der Waals surface area (Å²) >= 11 is 0. The molecule has 0 aromatic heterocycles. The Bertz CT molecular complexity index is 568. The quantitative estimate of drug-likeness (QED) is 0.819. The number of nitrogens with zero attached hydrogens (tertiary/aromatic N) is 1. The van der Waals surface area contributed by atoms with Gasteiger partial charge in [-0.1, -0.05) is 22.2 Å². The lowest BCUT2D eigenvalue weighted by molar-refractivity contribution is -0.118. The van der Waals surface area contributed by atoms with Crippen LogP contribution in [-0.4, -0.2) is 24.9 Å². The summed E-state index contributed by atoms with van der Waals surface area (Å²) in [5.74, 6) is -0.859. The van der Waals surface area contributed by atoms with Crippen LogP contribution in [0.5, 0.6) is 0 Å². The number of benzene rings is 1. The largest absolute Gasteiger partial charge is 0.367 e. The SMILES string of the molecule is CC(=O)NC(=O)N(F)S(=O)(=O)c1ccc(C)cc1. The van der Waals surface area contributed by atoms with Crippen LogP contribution >= 0.6 is 0 Å². The number of rotatable bonds is 2. The predicted octanol–water partition coefficient (Wildman–Crippen LogP) is 1.13. The molecule has 0 unspecified atom stereocenters. The van der Waals surface area contributed by atoms with Crippen molar-refractivity contribution in [1.29, 1.82) is 0 Å². The molecular formula is C10H11FN2O4S. The smallest absolute Gasteiger partial charge is 0.275 e. The first-order valence-electron chi connectivity index (χ1n) is 4.84. The summed E-state index contributed by atoms with van der Waals surface area (Å²) in [7, 11) is -4.60. The van der Waals surface area contributed by atoms with Gasteiger partial charge in [0.2, 0.25) is 5.91 Å². The van der Waals surface area contributed by atoms with Crippen molar-refractivity contribution in [2.75, 3.05) is 0 Å². The van der Waals surface area contributed by atoms with Crippen LogP contribution in [0.1, 0.15) is 12.5 Å². The number of nitrogens with one attached hydrogen (secondary N) is 1. The lowest BCUT2D eigenvalue weighted by atomic mass is 10.2. The molecule has 0 fully saturated rings. The molecule has 0 spiro atoms. The minimum atomic E-state index is -4.60. The summed E-state index contributed by atoms with van der Waals surface area (Å²) in [6.45, 7) is 2.69. The number of sulfonamides is 1. The number of hydrogen-bond donors (Lipinski definition) is 1. The second-order valence-corrected chi connectivity index (χ2v) is 5.26. The monoisotopic (exact) mass is 274 g/mol. The van der Waals surface area contributed by atoms with Crippen LogP contribution in [0.25, 0.3) is 0 Å². The maximum Gasteiger partial charge on any atom is 0.367 e. The van der Waals surface area contributed by atoms with Gasteiger partial charge in [-0.3, -0.25) is 10.1 Å². The number of imide groups is 1. The standard InChI is InChI=1S/C10H11FN2O4S/c1-7-3-5-9(6-4-7)18(16,17)13(11)10(15)12-8(2)14/h3-6H,1-2H3,(H,12,14,15). The lowest BCUT2D eigenvalue weighted by Gasteiger charge is -2.12. The van der Waals surface area contributed by atoms with Gasteiger partial charge in [0.05, 0.1) is 4.90 Å². The van der Waals surface area contributed by atoms with Gasteiger partial charge in [0, 0.05) is 6.92 Å². The minimum absolute atomic E-state index is 0.380. The Kier molecular flexibility index (Phi) is 4.02. The highest BCUT2D eigenvalue weighted by atomic mass is 32.2. The van der Waals surface area contributed by atoms with E-state index in [1.165, 1.54) is 17.4 Å². The van der Waals surface area contributed by atoms with Gasteiger partial charge in [-0.25, -0.2) is 4.79 Å². The average Bonchev–Trinajstić information content (AvgIpc) is 2.27. The van der Waals surface area contributed by atoms with Gasteiger partial charge in [0.25, 0.3) is 10.0 Å². The van der Waals surface area contributed by atoms with E-state index >= 15 is 0 Å². The van der Waals surface area contributed by atoms with Gasteiger partial charge in [-0.05, 0) is 23.6 Å². The molecule has 0 heterocycles. The Hall–Kier alpha value is -1.96. The van der Waals surface area contributed by atoms with Crippen LogP contribution in [0.2, 0.25) is 0 Å². The van der Waals surface area contributed by atoms with Crippen LogP contribution in [0.4, 0.5) is 9.28 Å². The summed E-state index contributed by atoms with van der Waals surface area (Å²) in [4.78, 5) is 21.2. The molecule has 0 saturated carbocycles. The molecule has 0 aliphatic heterocycles. The maximum absolute atomic E-state index is 13.4. The summed E-state index contributed by atoms with van der Waals surface area (Å²) in [6, 6.07) is 3.60. The number of carbonyl (C=O) groups is 2. The van der Waals surface area contributed by atoms with Crippen molar-refractivity contribution < 1.29 is 22.5 Å². The summed E-state index contributed by atoms with van der Waals surface area (Å²) in [5, 5.41) is 1.52. The zero-order valence-electron chi connectivity index (χ0n) is 9.68. The third-order valence-corrected chi connectivity index (χ3v) is 3.43. The zero-order chi connectivity index (χ0) is 13.9. The summed E-state index contributed by atoms with van der Waals surface area (Å²) < 4.78 is 35.7. The average molecular weight is 274 g/mol. The molecule has 98 valence electrons. The Labute approximate surface area is 103 Å². The fraction of sp³-hybridized carbons (Fsp3) is 0.200. The fourth-order valence-electron chi connectivity index (χ4n) is 1.11. The Morgan fingerprint density at radius 1 is 1.22 bits per heavy atom. The van der Waals surface area contributed by atoms with Crippen molar-refractivity contribution in [2.24, 2.45) is 0 Å². The highest BCUT2D eigenvalue weighted by Gasteiger charge is 2.30. The molecule has 18 heavy (non-hydrogen) atoms. The molecule has 0 radical (unpaired) electrons. The van der Waals surface area contributed by atoms with E-state index in [1.54, 1.807) is 6.92 Å². The van der Waals surface area contributed by atoms with Crippen molar-refractivity contribution in [3.63, 3.8) is 0 Å². The molecule has 0 aliphatic carbocycles. The molecule has 1 rings (SSSR count). The summed E-state index contributed by atoms with van der Waals surface area (Å²) in [5.41, 5.74) is 0.785. The van der Waals surface area contributed by atoms with E-state index in [-0.39, 0.29) is 4.90 Å². The molecule has 8 heteroatoms. The highest BCUT2D eigenvalue weighted by Crippen LogP contribution is 2.16. The first-order chi connectivity index (χ1) is 8.25. The van der Waals surface area contributed by atoms with E-state index in [0.29, 0.717) is 0 Å². The normalized spacial score (nSPS) is 10.8. The van der Waals surface area contributed by atoms with Gasteiger partial charge >= 0.3 is 6.03 Å². The van der Waals surface area contributed by atoms with Crippen LogP contribution in [0.3, 0.4) is 0 Å². The van der Waals surface area contributed by atoms with Crippen molar-refractivity contribution in [3.8, 4) is 0 Å². The number of amides is 3. The Morgan fingerprint density at radius 3 is 2.17 bits per heavy atom. The van der Waals surface area contributed by atoms with Crippen molar-refractivity contribution in [2.45, 2.75) is 18.7 Å². The Balaban J connectivity index is 3.03. The third-order valence-electron chi connectivity index (χ3n) is 1.97. The molecule has 0 saturated heterocycles. The predicted molar refractivity (Wildman–Crippen MR) is 60.5 cm³/mol. The van der Waals surface area contributed by atoms with Gasteiger partial charge in [0.1, 0.15) is 0 Å². The molecule has 6 nitrogen and oxygen atoms in total. The van der Waals surface area contributed by atoms with E-state index in [9.17, 15) is 22.5 Å². The molecule has 1 N–H and O–H groups in total. The van der Waals surface area contributed by atoms with Gasteiger partial charge < -0.3 is 0 Å². The second kappa shape index (κ2) is 5.13. The summed E-state index contributed by atoms with van der Waals surface area (Å²) in [6.07, 6.45) is 0. The number of halogens is 1. The van der Waals surface area contributed by atoms with Crippen LogP contribution in [0.15, 0.2) is 29.2 Å². The molecule has 0 bridgehead atoms. The number of carbonyl (C=O) groups excluding carboxylic acids is 2. The van der Waals surface area contributed by atoms with E-state index in [4.69, 9.17) is 0 Å². The van der Waals surface area contributed by atoms with Crippen LogP contribution in [-0.2, 0) is 14.8 Å². The fourth-order valence-corrected chi connectivity index (χ4v) is 2.04. The van der Waals surface area contributed by atoms with Crippen molar-refractivity contribution in [3.05, 3.63) is 29.8 Å². The van der Waals surface area contributed by atoms with E-state index in [0.717, 1.165) is 24.6 Å². The van der Waals surface area contributed by atoms with Crippen LogP contribution < -0.4 is 5.32 Å². The molecule has 3 amide bonds. The lowest BCUT2D eigenvalue weighted by Crippen LogP contribution is -2.40. The number of hydrogen-bond acceptors (Lipinski definition) is 4. The molecule has 1 aromatic rings. The number of urea groups is 1. The van der Waals surface area contributed by atoms with Gasteiger partial charge in [-0.2, -0.15) is 8.42 Å². The zero-order valence-corrected chi connectivity index (χ0v) is 10.5. The highest BCUT2D eigenvalue weighted by molar-refractivity contribution is 7.89. The van der Waals surface area contributed by atoms with Crippen molar-refractivity contribution in [1.82, 2.24) is 9.84 Å². The maximum atomic E-state index is 13.4. The van der Waals surface area contributed by atoms with E-state index in [1.807, 2.05) is 0 Å². The topological polar surface area (TPSA) is 83.6 Å². The molecular weight excluding hydrogens is 263 g/mol. The second-order valence-electron chi connectivity index (χ2n) is 3.52. The molecule has 1 aromatic carbocycles. The Morgan fingerprint density at radius 2 is 1.72 bits per heavy atom. The van der Waals surface area contributed by atoms with Crippen LogP contribution in [0, 0.1) is 6.92 Å². The number of aryl methyl sites for hydroxylation is 1. The molecule has 0 aliphatic rings. The first kappa shape index (κ1) is 14.1. The van der Waals surface area contributed by atoms with Gasteiger partial charge in [-0.15, -0.1) is 0 Å². The van der Waals surface area contributed by atoms with E-state index in [2.05, 4.69) is 0 Å². The van der Waals surface area contributed by atoms with Crippen molar-refractivity contribution >= 4 is 22.0 Å². The third kappa shape index (κ3) is 3.04.